The minimum absolute atomic E-state index is 0. The molecule has 0 amide bonds. The number of carbonyl (C=O) groups is 1. The number of hydrogen-bond donors (Lipinski definition) is 1. The Hall–Kier alpha value is -0.702. The predicted molar refractivity (Wildman–Crippen MR) is 95.1 cm³/mol. The van der Waals surface area contributed by atoms with Gasteiger partial charge in [-0.1, -0.05) is 43.2 Å². The van der Waals surface area contributed by atoms with Gasteiger partial charge in [0, 0.05) is 33.4 Å². The van der Waals surface area contributed by atoms with Gasteiger partial charge in [0.05, 0.1) is 20.6 Å². The second kappa shape index (κ2) is 8.79. The number of nitrogens with zero attached hydrogens (tertiary/aromatic N) is 1. The number of ether oxygens (including phenoxy) is 1. The Morgan fingerprint density at radius 2 is 1.76 bits per heavy atom. The number of carbonyl (C=O) groups excluding carboxylic acids is 1. The summed E-state index contributed by atoms with van der Waals surface area (Å²) in [5.74, 6) is -0.496. The number of quaternary nitrogens is 1. The average Bonchev–Trinajstić information content (AvgIpc) is 3.17. The van der Waals surface area contributed by atoms with Gasteiger partial charge in [-0.3, -0.25) is 0 Å². The molecule has 0 bridgehead atoms. The molecule has 2 atom stereocenters. The van der Waals surface area contributed by atoms with Crippen LogP contribution in [-0.4, -0.2) is 48.8 Å². The van der Waals surface area contributed by atoms with Crippen LogP contribution in [0.15, 0.2) is 30.3 Å². The van der Waals surface area contributed by atoms with E-state index in [1.165, 1.54) is 0 Å². The maximum Gasteiger partial charge on any atom is 0.343 e. The van der Waals surface area contributed by atoms with Gasteiger partial charge < -0.3 is 21.8 Å². The van der Waals surface area contributed by atoms with Crippen molar-refractivity contribution in [2.75, 3.05) is 27.2 Å². The summed E-state index contributed by atoms with van der Waals surface area (Å²) in [6.07, 6.45) is 4.68. The van der Waals surface area contributed by atoms with Gasteiger partial charge >= 0.3 is 5.97 Å². The third-order valence-electron chi connectivity index (χ3n) is 5.50. The summed E-state index contributed by atoms with van der Waals surface area (Å²) >= 11 is 0. The van der Waals surface area contributed by atoms with E-state index >= 15 is 0 Å². The maximum atomic E-state index is 12.9. The van der Waals surface area contributed by atoms with Crippen LogP contribution in [0.4, 0.5) is 0 Å². The Kier molecular flexibility index (Phi) is 7.86. The molecule has 2 fully saturated rings. The standard InChI is InChI=1S/C19H28NO3.CH3.Pt/c1-20(2)13-12-17(14-20)23-18(21)19(22,16-10-6-7-11-16)15-8-4-3-5-9-15;;/h3-5,8-9,16-17,22H,6-7,10-14H2,1-2H3;1H3;/q+1;-1;. The summed E-state index contributed by atoms with van der Waals surface area (Å²) < 4.78 is 6.64. The van der Waals surface area contributed by atoms with E-state index in [4.69, 9.17) is 4.74 Å². The molecule has 25 heavy (non-hydrogen) atoms. The summed E-state index contributed by atoms with van der Waals surface area (Å²) in [6, 6.07) is 9.33. The first-order valence-corrected chi connectivity index (χ1v) is 8.73. The Bertz CT molecular complexity index is 557. The number of hydrogen-bond acceptors (Lipinski definition) is 3. The number of likely N-dealkylation sites (N-methyl/N-ethyl adjacent to an activating group) is 1. The van der Waals surface area contributed by atoms with Gasteiger partial charge in [0.1, 0.15) is 6.54 Å². The summed E-state index contributed by atoms with van der Waals surface area (Å²) in [6.45, 7) is 1.83. The normalized spacial score (nSPS) is 24.7. The zero-order valence-electron chi connectivity index (χ0n) is 15.5. The predicted octanol–water partition coefficient (Wildman–Crippen LogP) is 2.90. The molecule has 1 aromatic carbocycles. The van der Waals surface area contributed by atoms with Crippen LogP contribution in [0, 0.1) is 13.3 Å². The summed E-state index contributed by atoms with van der Waals surface area (Å²) in [4.78, 5) is 12.9. The van der Waals surface area contributed by atoms with Crippen molar-refractivity contribution in [3.05, 3.63) is 43.3 Å². The molecular weight excluding hydrogens is 497 g/mol. The van der Waals surface area contributed by atoms with Crippen LogP contribution >= 0.6 is 0 Å². The van der Waals surface area contributed by atoms with E-state index in [1.54, 1.807) is 0 Å². The van der Waals surface area contributed by atoms with Crippen molar-refractivity contribution in [2.45, 2.75) is 43.8 Å². The fourth-order valence-corrected chi connectivity index (χ4v) is 4.12. The number of rotatable bonds is 4. The quantitative estimate of drug-likeness (QED) is 0.372. The Labute approximate surface area is 166 Å². The smallest absolute Gasteiger partial charge is 0.343 e. The van der Waals surface area contributed by atoms with Gasteiger partial charge in [-0.25, -0.2) is 4.79 Å². The first-order valence-electron chi connectivity index (χ1n) is 8.73. The molecule has 1 N–H and O–H groups in total. The molecule has 1 saturated carbocycles. The monoisotopic (exact) mass is 528 g/mol. The van der Waals surface area contributed by atoms with Gasteiger partial charge in [0.15, 0.2) is 11.7 Å². The molecule has 0 aromatic heterocycles. The van der Waals surface area contributed by atoms with Crippen LogP contribution in [-0.2, 0) is 36.2 Å². The summed E-state index contributed by atoms with van der Waals surface area (Å²) in [5, 5.41) is 11.4. The van der Waals surface area contributed by atoms with Crippen LogP contribution in [0.2, 0.25) is 0 Å². The van der Waals surface area contributed by atoms with Crippen molar-refractivity contribution >= 4 is 5.97 Å². The van der Waals surface area contributed by atoms with E-state index in [1.807, 2.05) is 30.3 Å². The van der Waals surface area contributed by atoms with Crippen LogP contribution in [0.3, 0.4) is 0 Å². The van der Waals surface area contributed by atoms with Crippen LogP contribution < -0.4 is 0 Å². The number of likely N-dealkylation sites (tertiary alicyclic amines) is 1. The molecule has 2 aliphatic rings. The number of esters is 1. The van der Waals surface area contributed by atoms with Crippen molar-refractivity contribution in [2.24, 2.45) is 5.92 Å². The third-order valence-corrected chi connectivity index (χ3v) is 5.50. The number of benzene rings is 1. The molecule has 144 valence electrons. The van der Waals surface area contributed by atoms with E-state index in [0.717, 1.165) is 49.7 Å². The third kappa shape index (κ3) is 4.72. The average molecular weight is 529 g/mol. The molecular formula is C20H31NO3Pt. The summed E-state index contributed by atoms with van der Waals surface area (Å²) in [7, 11) is 4.29. The Morgan fingerprint density at radius 3 is 2.28 bits per heavy atom. The fraction of sp³-hybridized carbons (Fsp3) is 0.600. The van der Waals surface area contributed by atoms with Crippen molar-refractivity contribution in [3.63, 3.8) is 0 Å². The Morgan fingerprint density at radius 1 is 1.16 bits per heavy atom. The van der Waals surface area contributed by atoms with Crippen molar-refractivity contribution in [1.29, 1.82) is 0 Å². The molecule has 1 aliphatic heterocycles. The first-order chi connectivity index (χ1) is 10.9. The largest absolute Gasteiger partial charge is 0.454 e. The second-order valence-electron chi connectivity index (χ2n) is 7.77. The fourth-order valence-electron chi connectivity index (χ4n) is 4.12. The van der Waals surface area contributed by atoms with E-state index in [9.17, 15) is 9.90 Å². The molecule has 1 aromatic rings. The van der Waals surface area contributed by atoms with Crippen LogP contribution in [0.1, 0.15) is 37.7 Å². The molecule has 5 heteroatoms. The molecule has 0 radical (unpaired) electrons. The van der Waals surface area contributed by atoms with Gasteiger partial charge in [0.2, 0.25) is 0 Å². The molecule has 2 unspecified atom stereocenters. The van der Waals surface area contributed by atoms with E-state index < -0.39 is 11.6 Å². The Balaban J connectivity index is 0.00000156. The zero-order chi connectivity index (χ0) is 16.5. The van der Waals surface area contributed by atoms with E-state index in [0.29, 0.717) is 5.56 Å². The van der Waals surface area contributed by atoms with E-state index in [2.05, 4.69) is 14.1 Å². The second-order valence-corrected chi connectivity index (χ2v) is 7.77. The minimum Gasteiger partial charge on any atom is -0.454 e. The number of aliphatic hydroxyl groups is 1. The topological polar surface area (TPSA) is 46.5 Å². The van der Waals surface area contributed by atoms with Gasteiger partial charge in [-0.15, -0.1) is 0 Å². The SMILES string of the molecule is C[N+]1(C)CCC(OC(=O)C(O)(c2ccccc2)C2CCCC2)C1.[CH3-].[Pt]. The molecule has 1 aliphatic carbocycles. The molecule has 1 heterocycles. The van der Waals surface area contributed by atoms with Crippen molar-refractivity contribution in [3.8, 4) is 0 Å². The van der Waals surface area contributed by atoms with Crippen molar-refractivity contribution < 1.29 is 40.2 Å². The maximum absolute atomic E-state index is 12.9. The minimum atomic E-state index is -1.50. The molecule has 3 rings (SSSR count). The van der Waals surface area contributed by atoms with Gasteiger partial charge in [-0.2, -0.15) is 0 Å². The van der Waals surface area contributed by atoms with Crippen LogP contribution in [0.5, 0.6) is 0 Å². The zero-order valence-corrected chi connectivity index (χ0v) is 17.8. The van der Waals surface area contributed by atoms with E-state index in [-0.39, 0.29) is 40.5 Å². The van der Waals surface area contributed by atoms with Gasteiger partial charge in [-0.05, 0) is 18.4 Å². The first kappa shape index (κ1) is 22.3. The summed E-state index contributed by atoms with van der Waals surface area (Å²) in [5.41, 5.74) is -0.832. The van der Waals surface area contributed by atoms with Crippen LogP contribution in [0.25, 0.3) is 0 Å². The molecule has 1 saturated heterocycles. The van der Waals surface area contributed by atoms with Gasteiger partial charge in [0.25, 0.3) is 0 Å². The van der Waals surface area contributed by atoms with Crippen molar-refractivity contribution in [1.82, 2.24) is 0 Å². The molecule has 0 spiro atoms. The molecule has 4 nitrogen and oxygen atoms in total.